The first kappa shape index (κ1) is 16.1. The molecule has 0 saturated heterocycles. The van der Waals surface area contributed by atoms with Gasteiger partial charge in [0.15, 0.2) is 0 Å². The highest BCUT2D eigenvalue weighted by Gasteiger charge is 2.39. The van der Waals surface area contributed by atoms with E-state index in [1.165, 1.54) is 0 Å². The van der Waals surface area contributed by atoms with Gasteiger partial charge in [-0.1, -0.05) is 31.5 Å². The first-order valence-electron chi connectivity index (χ1n) is 8.43. The topological polar surface area (TPSA) is 70.6 Å². The summed E-state index contributed by atoms with van der Waals surface area (Å²) in [5.74, 6) is 1.08. The highest BCUT2D eigenvalue weighted by molar-refractivity contribution is 5.75. The number of nitrogens with one attached hydrogen (secondary N) is 2. The third-order valence-corrected chi connectivity index (χ3v) is 5.45. The van der Waals surface area contributed by atoms with Crippen molar-refractivity contribution in [2.24, 2.45) is 5.41 Å². The summed E-state index contributed by atoms with van der Waals surface area (Å²) >= 11 is 0. The number of amides is 2. The summed E-state index contributed by atoms with van der Waals surface area (Å²) in [5.41, 5.74) is 0.949. The van der Waals surface area contributed by atoms with E-state index in [2.05, 4.69) is 16.7 Å². The zero-order chi connectivity index (χ0) is 16.4. The number of urea groups is 1. The molecule has 4 atom stereocenters. The van der Waals surface area contributed by atoms with E-state index >= 15 is 0 Å². The minimum atomic E-state index is -0.205. The lowest BCUT2D eigenvalue weighted by atomic mass is 9.86. The van der Waals surface area contributed by atoms with E-state index in [1.54, 1.807) is 0 Å². The molecule has 1 heterocycles. The second-order valence-electron chi connectivity index (χ2n) is 7.12. The smallest absolute Gasteiger partial charge is 0.315 e. The Labute approximate surface area is 137 Å². The van der Waals surface area contributed by atoms with Gasteiger partial charge in [-0.15, -0.1) is 0 Å². The fourth-order valence-electron chi connectivity index (χ4n) is 3.78. The number of aliphatic hydroxyl groups excluding tert-OH is 1. The normalized spacial score (nSPS) is 30.4. The van der Waals surface area contributed by atoms with Crippen molar-refractivity contribution < 1.29 is 14.6 Å². The number of carbonyl (C=O) groups is 1. The summed E-state index contributed by atoms with van der Waals surface area (Å²) in [6.07, 6.45) is 2.92. The quantitative estimate of drug-likeness (QED) is 0.798. The Hall–Kier alpha value is -1.75. The first-order valence-corrected chi connectivity index (χ1v) is 8.43. The Balaban J connectivity index is 1.58. The maximum absolute atomic E-state index is 12.3. The number of hydrogen-bond acceptors (Lipinski definition) is 3. The van der Waals surface area contributed by atoms with E-state index in [1.807, 2.05) is 32.0 Å². The molecule has 2 amide bonds. The van der Waals surface area contributed by atoms with Crippen LogP contribution < -0.4 is 15.4 Å². The molecule has 23 heavy (non-hydrogen) atoms. The minimum Gasteiger partial charge on any atom is -0.493 e. The third kappa shape index (κ3) is 3.15. The number of ether oxygens (including phenoxy) is 1. The van der Waals surface area contributed by atoms with Crippen molar-refractivity contribution in [1.82, 2.24) is 10.6 Å². The highest BCUT2D eigenvalue weighted by Crippen LogP contribution is 2.38. The Morgan fingerprint density at radius 3 is 3.04 bits per heavy atom. The number of fused-ring (bicyclic) bond motifs is 1. The molecule has 0 aromatic heterocycles. The molecule has 3 rings (SSSR count). The van der Waals surface area contributed by atoms with Crippen LogP contribution in [0.2, 0.25) is 0 Å². The van der Waals surface area contributed by atoms with Crippen molar-refractivity contribution in [3.63, 3.8) is 0 Å². The van der Waals surface area contributed by atoms with Crippen LogP contribution >= 0.6 is 0 Å². The average Bonchev–Trinajstić information content (AvgIpc) is 3.12. The predicted molar refractivity (Wildman–Crippen MR) is 88.6 cm³/mol. The molecule has 4 unspecified atom stereocenters. The van der Waals surface area contributed by atoms with Crippen LogP contribution in [0.25, 0.3) is 0 Å². The van der Waals surface area contributed by atoms with Gasteiger partial charge in [0.25, 0.3) is 0 Å². The molecule has 5 nitrogen and oxygen atoms in total. The van der Waals surface area contributed by atoms with Crippen LogP contribution in [0.1, 0.15) is 44.6 Å². The molecule has 2 aliphatic rings. The third-order valence-electron chi connectivity index (χ3n) is 5.45. The van der Waals surface area contributed by atoms with E-state index in [0.29, 0.717) is 6.61 Å². The summed E-state index contributed by atoms with van der Waals surface area (Å²) < 4.78 is 5.69. The summed E-state index contributed by atoms with van der Waals surface area (Å²) in [5, 5.41) is 15.7. The van der Waals surface area contributed by atoms with Crippen LogP contribution in [0.15, 0.2) is 24.3 Å². The van der Waals surface area contributed by atoms with Crippen molar-refractivity contribution in [1.29, 1.82) is 0 Å². The molecule has 1 aliphatic heterocycles. The molecule has 1 aliphatic carbocycles. The summed E-state index contributed by atoms with van der Waals surface area (Å²) in [6.45, 7) is 4.75. The number of para-hydroxylation sites is 1. The van der Waals surface area contributed by atoms with Crippen LogP contribution in [0, 0.1) is 5.41 Å². The maximum Gasteiger partial charge on any atom is 0.315 e. The second-order valence-corrected chi connectivity index (χ2v) is 7.12. The Bertz CT molecular complexity index is 577. The Morgan fingerprint density at radius 2 is 2.26 bits per heavy atom. The van der Waals surface area contributed by atoms with Crippen LogP contribution in [-0.4, -0.2) is 36.4 Å². The molecule has 0 radical (unpaired) electrons. The van der Waals surface area contributed by atoms with Crippen LogP contribution in [-0.2, 0) is 0 Å². The van der Waals surface area contributed by atoms with Crippen molar-refractivity contribution in [3.05, 3.63) is 29.8 Å². The molecule has 0 bridgehead atoms. The maximum atomic E-state index is 12.3. The van der Waals surface area contributed by atoms with Crippen LogP contribution in [0.5, 0.6) is 5.75 Å². The monoisotopic (exact) mass is 318 g/mol. The number of aliphatic hydroxyl groups is 1. The zero-order valence-corrected chi connectivity index (χ0v) is 13.8. The van der Waals surface area contributed by atoms with E-state index in [9.17, 15) is 9.90 Å². The lowest BCUT2D eigenvalue weighted by Crippen LogP contribution is -2.51. The van der Waals surface area contributed by atoms with Gasteiger partial charge >= 0.3 is 6.03 Å². The SMILES string of the molecule is CC(NC(=O)NC1CCCC1(C)CO)C1COc2ccccc21. The van der Waals surface area contributed by atoms with Gasteiger partial charge in [0.1, 0.15) is 5.75 Å². The average molecular weight is 318 g/mol. The molecular weight excluding hydrogens is 292 g/mol. The van der Waals surface area contributed by atoms with E-state index in [-0.39, 0.29) is 36.1 Å². The van der Waals surface area contributed by atoms with E-state index in [0.717, 1.165) is 30.6 Å². The summed E-state index contributed by atoms with van der Waals surface area (Å²) in [6, 6.07) is 7.84. The lowest BCUT2D eigenvalue weighted by molar-refractivity contribution is 0.120. The van der Waals surface area contributed by atoms with Crippen LogP contribution in [0.3, 0.4) is 0 Å². The molecule has 3 N–H and O–H groups in total. The Kier molecular flexibility index (Phi) is 4.48. The van der Waals surface area contributed by atoms with Gasteiger partial charge in [-0.05, 0) is 25.8 Å². The van der Waals surface area contributed by atoms with Gasteiger partial charge in [0.2, 0.25) is 0 Å². The lowest BCUT2D eigenvalue weighted by Gasteiger charge is -2.31. The van der Waals surface area contributed by atoms with Gasteiger partial charge in [-0.3, -0.25) is 0 Å². The standard InChI is InChI=1S/C18H26N2O3/c1-12(14-10-23-15-7-4-3-6-13(14)15)19-17(22)20-16-8-5-9-18(16,2)11-21/h3-4,6-7,12,14,16,21H,5,8-11H2,1-2H3,(H2,19,20,22). The first-order chi connectivity index (χ1) is 11.0. The van der Waals surface area contributed by atoms with Crippen LogP contribution in [0.4, 0.5) is 4.79 Å². The van der Waals surface area contributed by atoms with Gasteiger partial charge in [0, 0.05) is 29.0 Å². The largest absolute Gasteiger partial charge is 0.493 e. The molecule has 126 valence electrons. The molecule has 1 aromatic rings. The number of hydrogen-bond donors (Lipinski definition) is 3. The molecule has 5 heteroatoms. The zero-order valence-electron chi connectivity index (χ0n) is 13.8. The second kappa shape index (κ2) is 6.40. The minimum absolute atomic E-state index is 0.0135. The molecule has 1 fully saturated rings. The van der Waals surface area contributed by atoms with Gasteiger partial charge < -0.3 is 20.5 Å². The van der Waals surface area contributed by atoms with Gasteiger partial charge in [-0.2, -0.15) is 0 Å². The van der Waals surface area contributed by atoms with Crippen molar-refractivity contribution in [3.8, 4) is 5.75 Å². The van der Waals surface area contributed by atoms with Crippen molar-refractivity contribution in [2.75, 3.05) is 13.2 Å². The number of carbonyl (C=O) groups excluding carboxylic acids is 1. The predicted octanol–water partition coefficient (Wildman–Crippen LogP) is 2.40. The molecule has 1 saturated carbocycles. The fourth-order valence-corrected chi connectivity index (χ4v) is 3.78. The fraction of sp³-hybridized carbons (Fsp3) is 0.611. The highest BCUT2D eigenvalue weighted by atomic mass is 16.5. The molecular formula is C18H26N2O3. The molecule has 1 aromatic carbocycles. The van der Waals surface area contributed by atoms with E-state index in [4.69, 9.17) is 4.74 Å². The van der Waals surface area contributed by atoms with Crippen molar-refractivity contribution >= 4 is 6.03 Å². The Morgan fingerprint density at radius 1 is 1.48 bits per heavy atom. The summed E-state index contributed by atoms with van der Waals surface area (Å²) in [4.78, 5) is 12.3. The van der Waals surface area contributed by atoms with Crippen molar-refractivity contribution in [2.45, 2.75) is 51.1 Å². The van der Waals surface area contributed by atoms with Gasteiger partial charge in [0.05, 0.1) is 13.2 Å². The van der Waals surface area contributed by atoms with Gasteiger partial charge in [-0.25, -0.2) is 4.79 Å². The molecule has 0 spiro atoms. The number of benzene rings is 1. The number of rotatable bonds is 4. The van der Waals surface area contributed by atoms with E-state index < -0.39 is 0 Å². The summed E-state index contributed by atoms with van der Waals surface area (Å²) in [7, 11) is 0.